The summed E-state index contributed by atoms with van der Waals surface area (Å²) in [6, 6.07) is 2.33. The number of methoxy groups -OCH3 is 1. The molecule has 0 fully saturated rings. The van der Waals surface area contributed by atoms with Crippen molar-refractivity contribution in [1.29, 1.82) is 0 Å². The molecule has 0 amide bonds. The minimum absolute atomic E-state index is 0.0473. The van der Waals surface area contributed by atoms with E-state index >= 15 is 0 Å². The molecule has 0 N–H and O–H groups in total. The van der Waals surface area contributed by atoms with Crippen LogP contribution in [0.15, 0.2) is 12.1 Å². The first-order valence-electron chi connectivity index (χ1n) is 6.27. The molecule has 102 valence electrons. The van der Waals surface area contributed by atoms with Crippen molar-refractivity contribution in [3.8, 4) is 5.75 Å². The third-order valence-corrected chi connectivity index (χ3v) is 3.35. The molecule has 1 unspecified atom stereocenters. The van der Waals surface area contributed by atoms with E-state index in [1.54, 1.807) is 0 Å². The van der Waals surface area contributed by atoms with Gasteiger partial charge >= 0.3 is 0 Å². The minimum atomic E-state index is -0.637. The topological polar surface area (TPSA) is 9.23 Å². The Kier molecular flexibility index (Phi) is 6.41. The monoisotopic (exact) mass is 276 g/mol. The molecule has 1 aromatic rings. The van der Waals surface area contributed by atoms with Gasteiger partial charge in [0.2, 0.25) is 0 Å². The average Bonchev–Trinajstić information content (AvgIpc) is 2.33. The van der Waals surface area contributed by atoms with Gasteiger partial charge in [-0.2, -0.15) is 0 Å². The fourth-order valence-corrected chi connectivity index (χ4v) is 2.24. The molecular formula is C14H19ClF2O. The smallest absolute Gasteiger partial charge is 0.134 e. The van der Waals surface area contributed by atoms with E-state index in [9.17, 15) is 8.78 Å². The second-order valence-electron chi connectivity index (χ2n) is 4.32. The summed E-state index contributed by atoms with van der Waals surface area (Å²) in [5.74, 6) is -1.10. The van der Waals surface area contributed by atoms with Crippen LogP contribution < -0.4 is 4.74 Å². The third-order valence-electron chi connectivity index (χ3n) is 2.91. The molecule has 0 bridgehead atoms. The number of hydrogen-bond donors (Lipinski definition) is 0. The molecule has 0 radical (unpaired) electrons. The van der Waals surface area contributed by atoms with E-state index in [1.807, 2.05) is 0 Å². The van der Waals surface area contributed by atoms with Crippen LogP contribution in [0.25, 0.3) is 0 Å². The highest BCUT2D eigenvalue weighted by Crippen LogP contribution is 2.33. The van der Waals surface area contributed by atoms with Crippen LogP contribution in [0.5, 0.6) is 5.75 Å². The molecule has 1 atom stereocenters. The van der Waals surface area contributed by atoms with Crippen LogP contribution in [0.1, 0.15) is 50.0 Å². The molecule has 0 aliphatic carbocycles. The molecule has 0 heterocycles. The van der Waals surface area contributed by atoms with E-state index in [-0.39, 0.29) is 11.3 Å². The Labute approximate surface area is 112 Å². The maximum atomic E-state index is 13.7. The summed E-state index contributed by atoms with van der Waals surface area (Å²) in [4.78, 5) is 0. The normalized spacial score (nSPS) is 12.5. The molecule has 1 rings (SSSR count). The highest BCUT2D eigenvalue weighted by atomic mass is 35.5. The highest BCUT2D eigenvalue weighted by molar-refractivity contribution is 6.20. The number of benzene rings is 1. The van der Waals surface area contributed by atoms with Crippen molar-refractivity contribution in [2.24, 2.45) is 0 Å². The maximum absolute atomic E-state index is 13.7. The number of unbranched alkanes of at least 4 members (excludes halogenated alkanes) is 3. The zero-order valence-electron chi connectivity index (χ0n) is 10.8. The molecule has 18 heavy (non-hydrogen) atoms. The summed E-state index contributed by atoms with van der Waals surface area (Å²) in [7, 11) is 1.37. The first-order valence-corrected chi connectivity index (χ1v) is 6.70. The fourth-order valence-electron chi connectivity index (χ4n) is 1.87. The van der Waals surface area contributed by atoms with Gasteiger partial charge in [-0.05, 0) is 6.42 Å². The third kappa shape index (κ3) is 4.13. The van der Waals surface area contributed by atoms with Gasteiger partial charge in [0, 0.05) is 17.7 Å². The number of alkyl halides is 1. The summed E-state index contributed by atoms with van der Waals surface area (Å²) >= 11 is 6.07. The van der Waals surface area contributed by atoms with E-state index in [0.29, 0.717) is 6.42 Å². The second kappa shape index (κ2) is 7.57. The lowest BCUT2D eigenvalue weighted by Gasteiger charge is -2.13. The van der Waals surface area contributed by atoms with Crippen molar-refractivity contribution in [3.05, 3.63) is 29.3 Å². The van der Waals surface area contributed by atoms with Gasteiger partial charge < -0.3 is 4.74 Å². The minimum Gasteiger partial charge on any atom is -0.497 e. The molecule has 4 heteroatoms. The van der Waals surface area contributed by atoms with E-state index in [0.717, 1.165) is 25.7 Å². The van der Waals surface area contributed by atoms with Gasteiger partial charge in [-0.15, -0.1) is 11.6 Å². The van der Waals surface area contributed by atoms with Crippen LogP contribution in [-0.2, 0) is 0 Å². The van der Waals surface area contributed by atoms with Crippen LogP contribution in [0.2, 0.25) is 0 Å². The Balaban J connectivity index is 2.70. The van der Waals surface area contributed by atoms with Crippen molar-refractivity contribution in [3.63, 3.8) is 0 Å². The fraction of sp³-hybridized carbons (Fsp3) is 0.571. The van der Waals surface area contributed by atoms with Gasteiger partial charge in [-0.1, -0.05) is 32.6 Å². The molecular weight excluding hydrogens is 258 g/mol. The number of rotatable bonds is 7. The van der Waals surface area contributed by atoms with Gasteiger partial charge in [0.1, 0.15) is 17.4 Å². The van der Waals surface area contributed by atoms with Crippen molar-refractivity contribution in [2.75, 3.05) is 7.11 Å². The van der Waals surface area contributed by atoms with Crippen LogP contribution >= 0.6 is 11.6 Å². The van der Waals surface area contributed by atoms with Gasteiger partial charge in [-0.3, -0.25) is 0 Å². The molecule has 0 spiro atoms. The Morgan fingerprint density at radius 3 is 2.28 bits per heavy atom. The molecule has 0 aliphatic heterocycles. The number of halogens is 3. The Morgan fingerprint density at radius 1 is 1.17 bits per heavy atom. The Morgan fingerprint density at radius 2 is 1.78 bits per heavy atom. The lowest BCUT2D eigenvalue weighted by molar-refractivity contribution is 0.404. The van der Waals surface area contributed by atoms with Gasteiger partial charge in [-0.25, -0.2) is 8.78 Å². The van der Waals surface area contributed by atoms with Crippen LogP contribution in [0, 0.1) is 11.6 Å². The molecule has 0 saturated carbocycles. The average molecular weight is 277 g/mol. The molecule has 1 aromatic carbocycles. The largest absolute Gasteiger partial charge is 0.497 e. The second-order valence-corrected chi connectivity index (χ2v) is 4.85. The zero-order valence-corrected chi connectivity index (χ0v) is 11.6. The zero-order chi connectivity index (χ0) is 13.5. The predicted octanol–water partition coefficient (Wildman–Crippen LogP) is 5.22. The summed E-state index contributed by atoms with van der Waals surface area (Å²) < 4.78 is 32.2. The maximum Gasteiger partial charge on any atom is 0.134 e. The predicted molar refractivity (Wildman–Crippen MR) is 70.3 cm³/mol. The van der Waals surface area contributed by atoms with E-state index in [2.05, 4.69) is 6.92 Å². The summed E-state index contributed by atoms with van der Waals surface area (Å²) in [5, 5.41) is -0.618. The van der Waals surface area contributed by atoms with Crippen molar-refractivity contribution in [2.45, 2.75) is 44.4 Å². The molecule has 0 saturated heterocycles. The van der Waals surface area contributed by atoms with Gasteiger partial charge in [0.05, 0.1) is 12.5 Å². The van der Waals surface area contributed by atoms with Crippen LogP contribution in [0.4, 0.5) is 8.78 Å². The Bertz CT molecular complexity index is 359. The van der Waals surface area contributed by atoms with Crippen LogP contribution in [-0.4, -0.2) is 7.11 Å². The lowest BCUT2D eigenvalue weighted by atomic mass is 10.0. The van der Waals surface area contributed by atoms with Crippen molar-refractivity contribution >= 4 is 11.6 Å². The highest BCUT2D eigenvalue weighted by Gasteiger charge is 2.19. The number of ether oxygens (including phenoxy) is 1. The molecule has 0 aromatic heterocycles. The molecule has 1 nitrogen and oxygen atoms in total. The van der Waals surface area contributed by atoms with Gasteiger partial charge in [0.25, 0.3) is 0 Å². The van der Waals surface area contributed by atoms with Crippen molar-refractivity contribution in [1.82, 2.24) is 0 Å². The van der Waals surface area contributed by atoms with E-state index in [4.69, 9.17) is 16.3 Å². The standard InChI is InChI=1S/C14H19ClF2O/c1-3-4-5-6-7-11(15)14-12(16)8-10(18-2)9-13(14)17/h8-9,11H,3-7H2,1-2H3. The first-order chi connectivity index (χ1) is 8.60. The van der Waals surface area contributed by atoms with E-state index < -0.39 is 17.0 Å². The molecule has 0 aliphatic rings. The Hall–Kier alpha value is -0.830. The number of hydrogen-bond acceptors (Lipinski definition) is 1. The summed E-state index contributed by atoms with van der Waals surface area (Å²) in [6.07, 6.45) is 4.75. The van der Waals surface area contributed by atoms with E-state index in [1.165, 1.54) is 19.2 Å². The van der Waals surface area contributed by atoms with Crippen molar-refractivity contribution < 1.29 is 13.5 Å². The SMILES string of the molecule is CCCCCCC(Cl)c1c(F)cc(OC)cc1F. The lowest BCUT2D eigenvalue weighted by Crippen LogP contribution is -2.01. The summed E-state index contributed by atoms with van der Waals surface area (Å²) in [5.41, 5.74) is -0.0473. The van der Waals surface area contributed by atoms with Crippen LogP contribution in [0.3, 0.4) is 0 Å². The first kappa shape index (κ1) is 15.2. The summed E-state index contributed by atoms with van der Waals surface area (Å²) in [6.45, 7) is 2.11. The quantitative estimate of drug-likeness (QED) is 0.490. The van der Waals surface area contributed by atoms with Gasteiger partial charge in [0.15, 0.2) is 0 Å².